The molecular weight excluding hydrogens is 360 g/mol. The van der Waals surface area contributed by atoms with Gasteiger partial charge < -0.3 is 25.0 Å². The molecule has 2 aromatic rings. The second-order valence-electron chi connectivity index (χ2n) is 6.39. The van der Waals surface area contributed by atoms with Crippen LogP contribution in [0.4, 0.5) is 0 Å². The molecule has 1 aromatic heterocycles. The van der Waals surface area contributed by atoms with Crippen molar-refractivity contribution in [2.75, 3.05) is 41.4 Å². The van der Waals surface area contributed by atoms with Gasteiger partial charge in [-0.1, -0.05) is 6.07 Å². The van der Waals surface area contributed by atoms with E-state index in [0.29, 0.717) is 35.7 Å². The number of rotatable bonds is 9. The van der Waals surface area contributed by atoms with Crippen LogP contribution < -0.4 is 20.1 Å². The zero-order chi connectivity index (χ0) is 20.5. The molecule has 0 spiro atoms. The molecule has 0 radical (unpaired) electrons. The number of ether oxygens (including phenoxy) is 2. The molecular formula is C20H26N4O4. The number of hydrogen-bond acceptors (Lipinski definition) is 6. The predicted octanol–water partition coefficient (Wildman–Crippen LogP) is 1.32. The molecule has 2 rings (SSSR count). The summed E-state index contributed by atoms with van der Waals surface area (Å²) in [5.74, 6) is 0.635. The zero-order valence-electron chi connectivity index (χ0n) is 16.6. The Kier molecular flexibility index (Phi) is 7.76. The molecule has 0 atom stereocenters. The van der Waals surface area contributed by atoms with Crippen molar-refractivity contribution in [2.24, 2.45) is 0 Å². The Bertz CT molecular complexity index is 824. The first-order chi connectivity index (χ1) is 13.4. The molecule has 1 heterocycles. The van der Waals surface area contributed by atoms with Crippen molar-refractivity contribution in [2.45, 2.75) is 6.54 Å². The van der Waals surface area contributed by atoms with Crippen molar-refractivity contribution in [3.63, 3.8) is 0 Å². The number of methoxy groups -OCH3 is 2. The summed E-state index contributed by atoms with van der Waals surface area (Å²) in [6.07, 6.45) is 2.87. The van der Waals surface area contributed by atoms with Gasteiger partial charge in [-0.05, 0) is 37.9 Å². The van der Waals surface area contributed by atoms with Gasteiger partial charge in [-0.2, -0.15) is 0 Å². The van der Waals surface area contributed by atoms with Crippen LogP contribution in [0, 0.1) is 0 Å². The van der Waals surface area contributed by atoms with Crippen molar-refractivity contribution in [1.82, 2.24) is 20.5 Å². The number of aromatic nitrogens is 1. The van der Waals surface area contributed by atoms with Gasteiger partial charge in [-0.3, -0.25) is 14.6 Å². The van der Waals surface area contributed by atoms with Crippen molar-refractivity contribution in [3.8, 4) is 11.5 Å². The van der Waals surface area contributed by atoms with Crippen molar-refractivity contribution in [3.05, 3.63) is 53.3 Å². The van der Waals surface area contributed by atoms with Gasteiger partial charge in [0.05, 0.1) is 25.3 Å². The van der Waals surface area contributed by atoms with E-state index < -0.39 is 0 Å². The van der Waals surface area contributed by atoms with Gasteiger partial charge >= 0.3 is 0 Å². The molecule has 2 N–H and O–H groups in total. The molecule has 0 saturated heterocycles. The summed E-state index contributed by atoms with van der Waals surface area (Å²) in [4.78, 5) is 30.6. The Labute approximate surface area is 164 Å². The van der Waals surface area contributed by atoms with E-state index in [9.17, 15) is 9.59 Å². The van der Waals surface area contributed by atoms with Gasteiger partial charge in [0.2, 0.25) is 0 Å². The van der Waals surface area contributed by atoms with E-state index in [1.165, 1.54) is 18.5 Å². The highest BCUT2D eigenvalue weighted by molar-refractivity contribution is 5.99. The minimum atomic E-state index is -0.315. The Balaban J connectivity index is 1.98. The zero-order valence-corrected chi connectivity index (χ0v) is 16.6. The Morgan fingerprint density at radius 3 is 2.21 bits per heavy atom. The standard InChI is InChI=1S/C20H26N4O4/c1-24(2)8-7-22-19(25)15-10-16(13-21-12-15)20(26)23-11-14-5-6-17(27-3)18(9-14)28-4/h5-6,9-10,12-13H,7-8,11H2,1-4H3,(H,22,25)(H,23,26). The summed E-state index contributed by atoms with van der Waals surface area (Å²) < 4.78 is 10.5. The molecule has 0 aliphatic rings. The van der Waals surface area contributed by atoms with Crippen LogP contribution >= 0.6 is 0 Å². The van der Waals surface area contributed by atoms with Crippen LogP contribution in [0.1, 0.15) is 26.3 Å². The summed E-state index contributed by atoms with van der Waals surface area (Å²) in [6.45, 7) is 1.55. The molecule has 150 valence electrons. The lowest BCUT2D eigenvalue weighted by Crippen LogP contribution is -2.31. The molecule has 0 fully saturated rings. The number of nitrogens with one attached hydrogen (secondary N) is 2. The van der Waals surface area contributed by atoms with Crippen molar-refractivity contribution in [1.29, 1.82) is 0 Å². The first-order valence-electron chi connectivity index (χ1n) is 8.81. The van der Waals surface area contributed by atoms with Crippen molar-refractivity contribution >= 4 is 11.8 Å². The quantitative estimate of drug-likeness (QED) is 0.675. The predicted molar refractivity (Wildman–Crippen MR) is 106 cm³/mol. The number of pyridine rings is 1. The fraction of sp³-hybridized carbons (Fsp3) is 0.350. The number of carbonyl (C=O) groups is 2. The number of amides is 2. The third-order valence-corrected chi connectivity index (χ3v) is 4.01. The minimum Gasteiger partial charge on any atom is -0.493 e. The maximum absolute atomic E-state index is 12.4. The minimum absolute atomic E-state index is 0.260. The normalized spacial score (nSPS) is 10.5. The second kappa shape index (κ2) is 10.3. The molecule has 0 bridgehead atoms. The highest BCUT2D eigenvalue weighted by Crippen LogP contribution is 2.27. The van der Waals surface area contributed by atoms with Gasteiger partial charge in [0.25, 0.3) is 11.8 Å². The topological polar surface area (TPSA) is 92.8 Å². The highest BCUT2D eigenvalue weighted by atomic mass is 16.5. The molecule has 8 nitrogen and oxygen atoms in total. The Morgan fingerprint density at radius 1 is 0.964 bits per heavy atom. The van der Waals surface area contributed by atoms with Crippen LogP contribution in [0.25, 0.3) is 0 Å². The Morgan fingerprint density at radius 2 is 1.61 bits per heavy atom. The lowest BCUT2D eigenvalue weighted by atomic mass is 10.1. The Hall–Kier alpha value is -3.13. The number of carbonyl (C=O) groups excluding carboxylic acids is 2. The summed E-state index contributed by atoms with van der Waals surface area (Å²) in [7, 11) is 6.98. The maximum Gasteiger partial charge on any atom is 0.253 e. The summed E-state index contributed by atoms with van der Waals surface area (Å²) in [5, 5.41) is 5.61. The monoisotopic (exact) mass is 386 g/mol. The van der Waals surface area contributed by atoms with Gasteiger partial charge in [0, 0.05) is 32.0 Å². The number of likely N-dealkylation sites (N-methyl/N-ethyl adjacent to an activating group) is 1. The van der Waals surface area contributed by atoms with E-state index >= 15 is 0 Å². The fourth-order valence-corrected chi connectivity index (χ4v) is 2.46. The molecule has 0 aliphatic heterocycles. The lowest BCUT2D eigenvalue weighted by molar-refractivity contribution is 0.0950. The SMILES string of the molecule is COc1ccc(CNC(=O)c2cncc(C(=O)NCCN(C)C)c2)cc1OC. The van der Waals surface area contributed by atoms with E-state index in [1.54, 1.807) is 26.4 Å². The molecule has 0 saturated carbocycles. The van der Waals surface area contributed by atoms with Crippen LogP contribution in [0.15, 0.2) is 36.7 Å². The average Bonchev–Trinajstić information content (AvgIpc) is 2.71. The van der Waals surface area contributed by atoms with Gasteiger partial charge in [-0.15, -0.1) is 0 Å². The molecule has 2 amide bonds. The highest BCUT2D eigenvalue weighted by Gasteiger charge is 2.12. The van der Waals surface area contributed by atoms with Crippen LogP contribution in [0.2, 0.25) is 0 Å². The van der Waals surface area contributed by atoms with Crippen LogP contribution in [0.3, 0.4) is 0 Å². The average molecular weight is 386 g/mol. The summed E-state index contributed by atoms with van der Waals surface area (Å²) in [5.41, 5.74) is 1.52. The number of benzene rings is 1. The fourth-order valence-electron chi connectivity index (χ4n) is 2.46. The first-order valence-corrected chi connectivity index (χ1v) is 8.81. The third kappa shape index (κ3) is 5.95. The maximum atomic E-state index is 12.4. The van der Waals surface area contributed by atoms with Crippen LogP contribution in [-0.2, 0) is 6.54 Å². The van der Waals surface area contributed by atoms with E-state index in [1.807, 2.05) is 25.1 Å². The van der Waals surface area contributed by atoms with Gasteiger partial charge in [0.15, 0.2) is 11.5 Å². The summed E-state index contributed by atoms with van der Waals surface area (Å²) >= 11 is 0. The number of hydrogen-bond donors (Lipinski definition) is 2. The van der Waals surface area contributed by atoms with Gasteiger partial charge in [0.1, 0.15) is 0 Å². The van der Waals surface area contributed by atoms with Crippen molar-refractivity contribution < 1.29 is 19.1 Å². The molecule has 0 unspecified atom stereocenters. The largest absolute Gasteiger partial charge is 0.493 e. The second-order valence-corrected chi connectivity index (χ2v) is 6.39. The smallest absolute Gasteiger partial charge is 0.253 e. The summed E-state index contributed by atoms with van der Waals surface area (Å²) in [6, 6.07) is 6.95. The number of nitrogens with zero attached hydrogens (tertiary/aromatic N) is 2. The lowest BCUT2D eigenvalue weighted by Gasteiger charge is -2.11. The van der Waals surface area contributed by atoms with E-state index in [4.69, 9.17) is 9.47 Å². The van der Waals surface area contributed by atoms with Gasteiger partial charge in [-0.25, -0.2) is 0 Å². The molecule has 8 heteroatoms. The third-order valence-electron chi connectivity index (χ3n) is 4.01. The molecule has 0 aliphatic carbocycles. The molecule has 1 aromatic carbocycles. The van der Waals surface area contributed by atoms with E-state index in [0.717, 1.165) is 12.1 Å². The van der Waals surface area contributed by atoms with Crippen LogP contribution in [0.5, 0.6) is 11.5 Å². The van der Waals surface area contributed by atoms with E-state index in [2.05, 4.69) is 15.6 Å². The van der Waals surface area contributed by atoms with E-state index in [-0.39, 0.29) is 11.8 Å². The first kappa shape index (κ1) is 21.2. The van der Waals surface area contributed by atoms with Crippen LogP contribution in [-0.4, -0.2) is 63.1 Å². The molecule has 28 heavy (non-hydrogen) atoms.